The highest BCUT2D eigenvalue weighted by Crippen LogP contribution is 2.37. The SMILES string of the molecule is CC1c2ccsc2CCN1C(=O)C1(C)CCCNC1. The first-order valence-electron chi connectivity index (χ1n) is 7.20. The second-order valence-electron chi connectivity index (χ2n) is 6.06. The molecule has 1 aromatic rings. The van der Waals surface area contributed by atoms with Crippen LogP contribution in [0.4, 0.5) is 0 Å². The molecular weight excluding hydrogens is 256 g/mol. The van der Waals surface area contributed by atoms with Crippen LogP contribution in [-0.2, 0) is 11.2 Å². The summed E-state index contributed by atoms with van der Waals surface area (Å²) < 4.78 is 0. The molecule has 19 heavy (non-hydrogen) atoms. The van der Waals surface area contributed by atoms with Crippen molar-refractivity contribution in [1.82, 2.24) is 10.2 Å². The number of fused-ring (bicyclic) bond motifs is 1. The van der Waals surface area contributed by atoms with Crippen molar-refractivity contribution in [2.45, 2.75) is 39.2 Å². The fourth-order valence-corrected chi connectivity index (χ4v) is 4.34. The maximum Gasteiger partial charge on any atom is 0.230 e. The molecule has 0 aromatic carbocycles. The Morgan fingerprint density at radius 2 is 2.42 bits per heavy atom. The Hall–Kier alpha value is -0.870. The van der Waals surface area contributed by atoms with Gasteiger partial charge in [-0.25, -0.2) is 0 Å². The zero-order valence-corrected chi connectivity index (χ0v) is 12.6. The molecule has 1 N–H and O–H groups in total. The molecule has 0 radical (unpaired) electrons. The van der Waals surface area contributed by atoms with E-state index in [-0.39, 0.29) is 11.5 Å². The molecule has 2 aliphatic rings. The molecule has 0 saturated carbocycles. The van der Waals surface area contributed by atoms with Crippen LogP contribution in [0.25, 0.3) is 0 Å². The van der Waals surface area contributed by atoms with Gasteiger partial charge in [0.25, 0.3) is 0 Å². The zero-order chi connectivity index (χ0) is 13.5. The van der Waals surface area contributed by atoms with E-state index in [4.69, 9.17) is 0 Å². The summed E-state index contributed by atoms with van der Waals surface area (Å²) in [6.45, 7) is 7.04. The van der Waals surface area contributed by atoms with Gasteiger partial charge >= 0.3 is 0 Å². The molecule has 0 aliphatic carbocycles. The zero-order valence-electron chi connectivity index (χ0n) is 11.7. The predicted molar refractivity (Wildman–Crippen MR) is 78.4 cm³/mol. The summed E-state index contributed by atoms with van der Waals surface area (Å²) in [4.78, 5) is 16.5. The first kappa shape index (κ1) is 13.1. The molecule has 3 heterocycles. The van der Waals surface area contributed by atoms with Crippen molar-refractivity contribution in [2.75, 3.05) is 19.6 Å². The molecule has 4 heteroatoms. The second kappa shape index (κ2) is 4.91. The first-order valence-corrected chi connectivity index (χ1v) is 8.08. The van der Waals surface area contributed by atoms with Crippen molar-refractivity contribution in [3.8, 4) is 0 Å². The monoisotopic (exact) mass is 278 g/mol. The smallest absolute Gasteiger partial charge is 0.230 e. The highest BCUT2D eigenvalue weighted by molar-refractivity contribution is 7.10. The minimum absolute atomic E-state index is 0.208. The van der Waals surface area contributed by atoms with Crippen LogP contribution in [0.2, 0.25) is 0 Å². The lowest BCUT2D eigenvalue weighted by Gasteiger charge is -2.42. The number of piperidine rings is 1. The van der Waals surface area contributed by atoms with Gasteiger partial charge in [0.2, 0.25) is 5.91 Å². The summed E-state index contributed by atoms with van der Waals surface area (Å²) in [6, 6.07) is 2.42. The van der Waals surface area contributed by atoms with E-state index >= 15 is 0 Å². The highest BCUT2D eigenvalue weighted by atomic mass is 32.1. The maximum absolute atomic E-state index is 12.9. The maximum atomic E-state index is 12.9. The van der Waals surface area contributed by atoms with Gasteiger partial charge in [-0.15, -0.1) is 11.3 Å². The summed E-state index contributed by atoms with van der Waals surface area (Å²) in [5, 5.41) is 5.53. The second-order valence-corrected chi connectivity index (χ2v) is 7.07. The molecule has 3 nitrogen and oxygen atoms in total. The van der Waals surface area contributed by atoms with E-state index in [0.29, 0.717) is 5.91 Å². The van der Waals surface area contributed by atoms with E-state index in [2.05, 4.69) is 35.5 Å². The lowest BCUT2D eigenvalue weighted by molar-refractivity contribution is -0.145. The Labute approximate surface area is 119 Å². The first-order chi connectivity index (χ1) is 9.12. The lowest BCUT2D eigenvalue weighted by Crippen LogP contribution is -2.52. The lowest BCUT2D eigenvalue weighted by atomic mass is 9.80. The van der Waals surface area contributed by atoms with Gasteiger partial charge in [0.15, 0.2) is 0 Å². The van der Waals surface area contributed by atoms with Gasteiger partial charge < -0.3 is 10.2 Å². The van der Waals surface area contributed by atoms with Crippen LogP contribution < -0.4 is 5.32 Å². The number of thiophene rings is 1. The van der Waals surface area contributed by atoms with Crippen LogP contribution in [-0.4, -0.2) is 30.4 Å². The third-order valence-electron chi connectivity index (χ3n) is 4.65. The fraction of sp³-hybridized carbons (Fsp3) is 0.667. The van der Waals surface area contributed by atoms with Gasteiger partial charge in [-0.1, -0.05) is 0 Å². The normalized spacial score (nSPS) is 31.1. The Morgan fingerprint density at radius 1 is 1.58 bits per heavy atom. The van der Waals surface area contributed by atoms with Crippen molar-refractivity contribution in [3.05, 3.63) is 21.9 Å². The van der Waals surface area contributed by atoms with E-state index in [1.54, 1.807) is 0 Å². The molecule has 0 bridgehead atoms. The van der Waals surface area contributed by atoms with Crippen molar-refractivity contribution < 1.29 is 4.79 Å². The molecule has 1 saturated heterocycles. The molecule has 1 aromatic heterocycles. The van der Waals surface area contributed by atoms with Crippen LogP contribution in [0.5, 0.6) is 0 Å². The summed E-state index contributed by atoms with van der Waals surface area (Å²) in [5.41, 5.74) is 1.15. The Morgan fingerprint density at radius 3 is 3.16 bits per heavy atom. The average molecular weight is 278 g/mol. The molecule has 0 spiro atoms. The van der Waals surface area contributed by atoms with Gasteiger partial charge in [0.05, 0.1) is 11.5 Å². The third-order valence-corrected chi connectivity index (χ3v) is 5.65. The molecule has 2 atom stereocenters. The Balaban J connectivity index is 1.81. The summed E-state index contributed by atoms with van der Waals surface area (Å²) in [6.07, 6.45) is 3.14. The van der Waals surface area contributed by atoms with E-state index in [0.717, 1.165) is 38.9 Å². The minimum Gasteiger partial charge on any atom is -0.335 e. The van der Waals surface area contributed by atoms with E-state index < -0.39 is 0 Å². The van der Waals surface area contributed by atoms with Crippen LogP contribution in [0.3, 0.4) is 0 Å². The largest absolute Gasteiger partial charge is 0.335 e. The number of carbonyl (C=O) groups is 1. The van der Waals surface area contributed by atoms with E-state index in [9.17, 15) is 4.79 Å². The number of rotatable bonds is 1. The predicted octanol–water partition coefficient (Wildman–Crippen LogP) is 2.58. The van der Waals surface area contributed by atoms with Crippen LogP contribution in [0, 0.1) is 5.41 Å². The molecule has 1 fully saturated rings. The van der Waals surface area contributed by atoms with E-state index in [1.807, 2.05) is 11.3 Å². The van der Waals surface area contributed by atoms with Crippen molar-refractivity contribution in [2.24, 2.45) is 5.41 Å². The van der Waals surface area contributed by atoms with Crippen molar-refractivity contribution in [1.29, 1.82) is 0 Å². The molecule has 1 amide bonds. The quantitative estimate of drug-likeness (QED) is 0.856. The van der Waals surface area contributed by atoms with E-state index in [1.165, 1.54) is 10.4 Å². The fourth-order valence-electron chi connectivity index (χ4n) is 3.37. The molecular formula is C15H22N2OS. The van der Waals surface area contributed by atoms with Gasteiger partial charge in [0.1, 0.15) is 0 Å². The molecule has 104 valence electrons. The van der Waals surface area contributed by atoms with Crippen molar-refractivity contribution >= 4 is 17.2 Å². The highest BCUT2D eigenvalue weighted by Gasteiger charge is 2.40. The summed E-state index contributed by atoms with van der Waals surface area (Å²) in [5.74, 6) is 0.337. The Bertz CT molecular complexity index is 476. The van der Waals surface area contributed by atoms with Crippen LogP contribution in [0.15, 0.2) is 11.4 Å². The van der Waals surface area contributed by atoms with Gasteiger partial charge in [-0.3, -0.25) is 4.79 Å². The number of hydrogen-bond acceptors (Lipinski definition) is 3. The van der Waals surface area contributed by atoms with Gasteiger partial charge in [-0.2, -0.15) is 0 Å². The third kappa shape index (κ3) is 2.21. The minimum atomic E-state index is -0.208. The number of hydrogen-bond donors (Lipinski definition) is 1. The molecule has 2 unspecified atom stereocenters. The number of nitrogens with zero attached hydrogens (tertiary/aromatic N) is 1. The standard InChI is InChI=1S/C15H22N2OS/c1-11-12-5-9-19-13(12)4-8-17(11)14(18)15(2)6-3-7-16-10-15/h5,9,11,16H,3-4,6-8,10H2,1-2H3. The van der Waals surface area contributed by atoms with Crippen LogP contribution in [0.1, 0.15) is 43.2 Å². The molecule has 3 rings (SSSR count). The summed E-state index contributed by atoms with van der Waals surface area (Å²) >= 11 is 1.83. The van der Waals surface area contributed by atoms with Crippen LogP contribution >= 0.6 is 11.3 Å². The van der Waals surface area contributed by atoms with Gasteiger partial charge in [0, 0.05) is 18.0 Å². The number of nitrogens with one attached hydrogen (secondary N) is 1. The topological polar surface area (TPSA) is 32.3 Å². The Kier molecular flexibility index (Phi) is 3.39. The van der Waals surface area contributed by atoms with Crippen molar-refractivity contribution in [3.63, 3.8) is 0 Å². The average Bonchev–Trinajstić information content (AvgIpc) is 2.88. The molecule has 2 aliphatic heterocycles. The number of carbonyl (C=O) groups excluding carboxylic acids is 1. The number of amides is 1. The summed E-state index contributed by atoms with van der Waals surface area (Å²) in [7, 11) is 0. The van der Waals surface area contributed by atoms with Gasteiger partial charge in [-0.05, 0) is 56.7 Å².